The van der Waals surface area contributed by atoms with E-state index in [9.17, 15) is 0 Å². The highest BCUT2D eigenvalue weighted by Crippen LogP contribution is 2.36. The van der Waals surface area contributed by atoms with Crippen molar-refractivity contribution in [3.8, 4) is 17.6 Å². The SMILES string of the molecule is N#CCn1c(Cc2ccccc2)nc2cc3c(cc21)OCO3. The standard InChI is InChI=1S/C17H13N3O2/c18-6-7-20-14-10-16-15(21-11-22-16)9-13(14)19-17(20)8-12-4-2-1-3-5-12/h1-5,9-10H,7-8,11H2. The summed E-state index contributed by atoms with van der Waals surface area (Å²) in [6.07, 6.45) is 0.684. The van der Waals surface area contributed by atoms with Crippen molar-refractivity contribution < 1.29 is 9.47 Å². The molecule has 0 bridgehead atoms. The first-order valence-corrected chi connectivity index (χ1v) is 7.05. The van der Waals surface area contributed by atoms with E-state index in [1.807, 2.05) is 34.9 Å². The van der Waals surface area contributed by atoms with Gasteiger partial charge in [0.05, 0.1) is 17.1 Å². The quantitative estimate of drug-likeness (QED) is 0.744. The van der Waals surface area contributed by atoms with E-state index >= 15 is 0 Å². The van der Waals surface area contributed by atoms with Crippen molar-refractivity contribution in [1.82, 2.24) is 9.55 Å². The lowest BCUT2D eigenvalue weighted by atomic mass is 10.1. The van der Waals surface area contributed by atoms with Gasteiger partial charge < -0.3 is 14.0 Å². The summed E-state index contributed by atoms with van der Waals surface area (Å²) in [5.74, 6) is 2.28. The molecule has 108 valence electrons. The Hall–Kier alpha value is -3.00. The Kier molecular flexibility index (Phi) is 2.94. The minimum Gasteiger partial charge on any atom is -0.454 e. The van der Waals surface area contributed by atoms with Crippen LogP contribution in [0.3, 0.4) is 0 Å². The van der Waals surface area contributed by atoms with Crippen LogP contribution in [0.1, 0.15) is 11.4 Å². The summed E-state index contributed by atoms with van der Waals surface area (Å²) in [6.45, 7) is 0.495. The van der Waals surface area contributed by atoms with Crippen LogP contribution in [-0.4, -0.2) is 16.3 Å². The van der Waals surface area contributed by atoms with E-state index in [1.165, 1.54) is 0 Å². The normalized spacial score (nSPS) is 12.5. The molecule has 4 rings (SSSR count). The lowest BCUT2D eigenvalue weighted by molar-refractivity contribution is 0.174. The fraction of sp³-hybridized carbons (Fsp3) is 0.176. The maximum Gasteiger partial charge on any atom is 0.231 e. The molecule has 2 aromatic carbocycles. The number of benzene rings is 2. The van der Waals surface area contributed by atoms with E-state index in [-0.39, 0.29) is 13.3 Å². The second kappa shape index (κ2) is 5.08. The molecule has 0 fully saturated rings. The molecule has 0 saturated carbocycles. The van der Waals surface area contributed by atoms with Gasteiger partial charge in [0, 0.05) is 18.6 Å². The Labute approximate surface area is 127 Å². The zero-order valence-electron chi connectivity index (χ0n) is 11.8. The second-order valence-electron chi connectivity index (χ2n) is 5.13. The van der Waals surface area contributed by atoms with Gasteiger partial charge in [-0.3, -0.25) is 0 Å². The highest BCUT2D eigenvalue weighted by Gasteiger charge is 2.19. The maximum absolute atomic E-state index is 9.13. The summed E-state index contributed by atoms with van der Waals surface area (Å²) >= 11 is 0. The number of imidazole rings is 1. The fourth-order valence-electron chi connectivity index (χ4n) is 2.73. The van der Waals surface area contributed by atoms with Gasteiger partial charge in [-0.15, -0.1) is 0 Å². The molecule has 5 nitrogen and oxygen atoms in total. The molecule has 5 heteroatoms. The highest BCUT2D eigenvalue weighted by molar-refractivity contribution is 5.81. The van der Waals surface area contributed by atoms with Gasteiger partial charge in [0.25, 0.3) is 0 Å². The van der Waals surface area contributed by atoms with Crippen molar-refractivity contribution in [1.29, 1.82) is 5.26 Å². The molecule has 2 heterocycles. The number of rotatable bonds is 3. The summed E-state index contributed by atoms with van der Waals surface area (Å²) in [6, 6.07) is 16.1. The van der Waals surface area contributed by atoms with E-state index in [0.29, 0.717) is 17.9 Å². The van der Waals surface area contributed by atoms with Crippen LogP contribution in [0, 0.1) is 11.3 Å². The monoisotopic (exact) mass is 291 g/mol. The average Bonchev–Trinajstić information content (AvgIpc) is 3.11. The van der Waals surface area contributed by atoms with Crippen molar-refractivity contribution in [2.75, 3.05) is 6.79 Å². The number of hydrogen-bond donors (Lipinski definition) is 0. The van der Waals surface area contributed by atoms with Gasteiger partial charge in [-0.1, -0.05) is 30.3 Å². The Morgan fingerprint density at radius 3 is 2.68 bits per heavy atom. The topological polar surface area (TPSA) is 60.1 Å². The predicted molar refractivity (Wildman–Crippen MR) is 80.7 cm³/mol. The number of nitrogens with zero attached hydrogens (tertiary/aromatic N) is 3. The minimum atomic E-state index is 0.233. The molecule has 0 N–H and O–H groups in total. The fourth-order valence-corrected chi connectivity index (χ4v) is 2.73. The van der Waals surface area contributed by atoms with Gasteiger partial charge in [0.2, 0.25) is 6.79 Å². The van der Waals surface area contributed by atoms with Crippen LogP contribution in [0.15, 0.2) is 42.5 Å². The highest BCUT2D eigenvalue weighted by atomic mass is 16.7. The van der Waals surface area contributed by atoms with Crippen LogP contribution in [0.4, 0.5) is 0 Å². The van der Waals surface area contributed by atoms with Crippen molar-refractivity contribution in [3.63, 3.8) is 0 Å². The van der Waals surface area contributed by atoms with Crippen LogP contribution < -0.4 is 9.47 Å². The van der Waals surface area contributed by atoms with E-state index in [4.69, 9.17) is 14.7 Å². The first-order chi connectivity index (χ1) is 10.8. The van der Waals surface area contributed by atoms with E-state index in [0.717, 1.165) is 22.4 Å². The van der Waals surface area contributed by atoms with Gasteiger partial charge >= 0.3 is 0 Å². The second-order valence-corrected chi connectivity index (χ2v) is 5.13. The molecule has 22 heavy (non-hydrogen) atoms. The molecular formula is C17H13N3O2. The molecule has 3 aromatic rings. The van der Waals surface area contributed by atoms with Gasteiger partial charge in [-0.05, 0) is 5.56 Å². The van der Waals surface area contributed by atoms with Gasteiger partial charge in [0.15, 0.2) is 11.5 Å². The molecule has 1 aliphatic heterocycles. The van der Waals surface area contributed by atoms with Crippen molar-refractivity contribution >= 4 is 11.0 Å². The molecule has 1 aliphatic rings. The number of fused-ring (bicyclic) bond motifs is 2. The summed E-state index contributed by atoms with van der Waals surface area (Å²) < 4.78 is 12.8. The maximum atomic E-state index is 9.13. The Morgan fingerprint density at radius 1 is 1.14 bits per heavy atom. The Morgan fingerprint density at radius 2 is 1.91 bits per heavy atom. The van der Waals surface area contributed by atoms with Crippen LogP contribution in [-0.2, 0) is 13.0 Å². The third kappa shape index (κ3) is 2.06. The molecule has 0 unspecified atom stereocenters. The van der Waals surface area contributed by atoms with E-state index in [1.54, 1.807) is 0 Å². The smallest absolute Gasteiger partial charge is 0.231 e. The van der Waals surface area contributed by atoms with Crippen molar-refractivity contribution in [2.24, 2.45) is 0 Å². The van der Waals surface area contributed by atoms with Crippen LogP contribution in [0.5, 0.6) is 11.5 Å². The van der Waals surface area contributed by atoms with Crippen LogP contribution in [0.25, 0.3) is 11.0 Å². The summed E-state index contributed by atoms with van der Waals surface area (Å²) in [4.78, 5) is 4.68. The number of nitriles is 1. The Balaban J connectivity index is 1.84. The Bertz CT molecular complexity index is 878. The van der Waals surface area contributed by atoms with Gasteiger partial charge in [-0.2, -0.15) is 5.26 Å². The zero-order chi connectivity index (χ0) is 14.9. The number of hydrogen-bond acceptors (Lipinski definition) is 4. The molecule has 0 atom stereocenters. The molecule has 0 saturated heterocycles. The number of ether oxygens (including phenoxy) is 2. The van der Waals surface area contributed by atoms with Gasteiger partial charge in [-0.25, -0.2) is 4.98 Å². The summed E-state index contributed by atoms with van der Waals surface area (Å²) in [5.41, 5.74) is 2.89. The zero-order valence-corrected chi connectivity index (χ0v) is 11.8. The molecule has 0 amide bonds. The lowest BCUT2D eigenvalue weighted by Crippen LogP contribution is -2.03. The van der Waals surface area contributed by atoms with Crippen molar-refractivity contribution in [3.05, 3.63) is 53.9 Å². The molecule has 0 aliphatic carbocycles. The first-order valence-electron chi connectivity index (χ1n) is 7.05. The summed E-state index contributed by atoms with van der Waals surface area (Å²) in [5, 5.41) is 9.13. The lowest BCUT2D eigenvalue weighted by Gasteiger charge is -2.05. The average molecular weight is 291 g/mol. The molecule has 0 spiro atoms. The van der Waals surface area contributed by atoms with Crippen LogP contribution >= 0.6 is 0 Å². The van der Waals surface area contributed by atoms with Crippen LogP contribution in [0.2, 0.25) is 0 Å². The van der Waals surface area contributed by atoms with E-state index in [2.05, 4.69) is 23.2 Å². The third-order valence-electron chi connectivity index (χ3n) is 3.76. The number of aromatic nitrogens is 2. The first kappa shape index (κ1) is 12.7. The molecular weight excluding hydrogens is 278 g/mol. The van der Waals surface area contributed by atoms with E-state index < -0.39 is 0 Å². The predicted octanol–water partition coefficient (Wildman–Crippen LogP) is 2.88. The largest absolute Gasteiger partial charge is 0.454 e. The molecule has 1 aromatic heterocycles. The molecule has 0 radical (unpaired) electrons. The van der Waals surface area contributed by atoms with Crippen molar-refractivity contribution in [2.45, 2.75) is 13.0 Å². The minimum absolute atomic E-state index is 0.233. The van der Waals surface area contributed by atoms with Gasteiger partial charge in [0.1, 0.15) is 12.4 Å². The summed E-state index contributed by atoms with van der Waals surface area (Å²) in [7, 11) is 0. The third-order valence-corrected chi connectivity index (χ3v) is 3.76.